The predicted molar refractivity (Wildman–Crippen MR) is 132 cm³/mol. The lowest BCUT2D eigenvalue weighted by molar-refractivity contribution is 0.477. The third kappa shape index (κ3) is 4.07. The molecule has 3 heterocycles. The maximum atomic E-state index is 14.7. The molecule has 0 unspecified atom stereocenters. The van der Waals surface area contributed by atoms with Gasteiger partial charge in [-0.1, -0.05) is 17.7 Å². The molecule has 8 heteroatoms. The van der Waals surface area contributed by atoms with E-state index in [9.17, 15) is 14.3 Å². The lowest BCUT2D eigenvalue weighted by Crippen LogP contribution is -2.30. The smallest absolute Gasteiger partial charge is 0.332 e. The van der Waals surface area contributed by atoms with Crippen LogP contribution in [0.15, 0.2) is 65.8 Å². The number of aryl methyl sites for hydroxylation is 1. The number of aromatic nitrogens is 3. The molecule has 2 aromatic heterocycles. The number of aromatic hydroxyl groups is 1. The summed E-state index contributed by atoms with van der Waals surface area (Å²) in [5.74, 6) is 0.305. The van der Waals surface area contributed by atoms with Crippen molar-refractivity contribution in [1.29, 1.82) is 0 Å². The summed E-state index contributed by atoms with van der Waals surface area (Å²) >= 11 is 6.49. The van der Waals surface area contributed by atoms with Crippen LogP contribution in [0.4, 0.5) is 10.2 Å². The van der Waals surface area contributed by atoms with Crippen LogP contribution in [0.1, 0.15) is 19.3 Å². The molecule has 1 N–H and O–H groups in total. The predicted octanol–water partition coefficient (Wildman–Crippen LogP) is 5.39. The molecule has 0 aliphatic carbocycles. The molecule has 34 heavy (non-hydrogen) atoms. The summed E-state index contributed by atoms with van der Waals surface area (Å²) < 4.78 is 17.6. The Morgan fingerprint density at radius 3 is 2.32 bits per heavy atom. The van der Waals surface area contributed by atoms with Gasteiger partial charge in [-0.2, -0.15) is 0 Å². The van der Waals surface area contributed by atoms with E-state index >= 15 is 0 Å². The van der Waals surface area contributed by atoms with Gasteiger partial charge in [0.05, 0.1) is 10.7 Å². The molecule has 0 amide bonds. The van der Waals surface area contributed by atoms with Crippen LogP contribution in [-0.2, 0) is 7.05 Å². The monoisotopic (exact) mass is 478 g/mol. The molecule has 0 radical (unpaired) electrons. The quantitative estimate of drug-likeness (QED) is 0.427. The first-order chi connectivity index (χ1) is 16.4. The maximum absolute atomic E-state index is 14.7. The molecule has 1 aliphatic rings. The minimum atomic E-state index is -0.474. The summed E-state index contributed by atoms with van der Waals surface area (Å²) in [6, 6.07) is 11.3. The van der Waals surface area contributed by atoms with E-state index in [0.29, 0.717) is 33.0 Å². The van der Waals surface area contributed by atoms with Gasteiger partial charge in [-0.3, -0.25) is 4.57 Å². The van der Waals surface area contributed by atoms with Crippen LogP contribution < -0.4 is 10.6 Å². The van der Waals surface area contributed by atoms with Crippen molar-refractivity contribution in [3.63, 3.8) is 0 Å². The Bertz CT molecular complexity index is 1420. The highest BCUT2D eigenvalue weighted by Crippen LogP contribution is 2.41. The lowest BCUT2D eigenvalue weighted by atomic mass is 9.97. The topological polar surface area (TPSA) is 63.3 Å². The van der Waals surface area contributed by atoms with E-state index in [1.54, 1.807) is 49.9 Å². The Morgan fingerprint density at radius 1 is 0.971 bits per heavy atom. The second-order valence-electron chi connectivity index (χ2n) is 8.53. The Kier molecular flexibility index (Phi) is 5.87. The summed E-state index contributed by atoms with van der Waals surface area (Å²) in [7, 11) is 1.66. The number of rotatable bonds is 4. The molecular formula is C26H24ClFN4O2. The molecule has 174 valence electrons. The van der Waals surface area contributed by atoms with Crippen LogP contribution in [0.25, 0.3) is 27.9 Å². The third-order valence-corrected chi connectivity index (χ3v) is 6.58. The van der Waals surface area contributed by atoms with E-state index in [2.05, 4.69) is 9.88 Å². The van der Waals surface area contributed by atoms with Crippen molar-refractivity contribution in [3.8, 4) is 33.7 Å². The number of nitrogens with zero attached hydrogens (tertiary/aromatic N) is 4. The molecule has 0 saturated carbocycles. The fourth-order valence-corrected chi connectivity index (χ4v) is 4.71. The van der Waals surface area contributed by atoms with Crippen LogP contribution in [-0.4, -0.2) is 32.3 Å². The minimum absolute atomic E-state index is 0.0436. The Hall–Kier alpha value is -3.58. The van der Waals surface area contributed by atoms with Crippen molar-refractivity contribution in [3.05, 3.63) is 82.4 Å². The van der Waals surface area contributed by atoms with Crippen LogP contribution in [0.2, 0.25) is 5.02 Å². The lowest BCUT2D eigenvalue weighted by Gasteiger charge is -2.28. The zero-order valence-electron chi connectivity index (χ0n) is 18.7. The third-order valence-electron chi connectivity index (χ3n) is 6.28. The van der Waals surface area contributed by atoms with Gasteiger partial charge in [0.1, 0.15) is 17.4 Å². The first-order valence-corrected chi connectivity index (χ1v) is 11.6. The first-order valence-electron chi connectivity index (χ1n) is 11.2. The molecule has 4 aromatic rings. The minimum Gasteiger partial charge on any atom is -0.507 e. The summed E-state index contributed by atoms with van der Waals surface area (Å²) in [5, 5.41) is 11.5. The van der Waals surface area contributed by atoms with Gasteiger partial charge in [-0.15, -0.1) is 0 Å². The van der Waals surface area contributed by atoms with Gasteiger partial charge in [-0.05, 0) is 66.8 Å². The summed E-state index contributed by atoms with van der Waals surface area (Å²) in [6.45, 7) is 1.87. The number of phenolic OH excluding ortho intramolecular Hbond substituents is 1. The number of phenols is 1. The van der Waals surface area contributed by atoms with Gasteiger partial charge >= 0.3 is 5.69 Å². The van der Waals surface area contributed by atoms with E-state index in [1.807, 2.05) is 6.07 Å². The highest BCUT2D eigenvalue weighted by atomic mass is 35.5. The average Bonchev–Trinajstić information content (AvgIpc) is 3.18. The molecule has 0 bridgehead atoms. The zero-order chi connectivity index (χ0) is 23.8. The highest BCUT2D eigenvalue weighted by Gasteiger charge is 2.18. The average molecular weight is 479 g/mol. The fourth-order valence-electron chi connectivity index (χ4n) is 4.44. The summed E-state index contributed by atoms with van der Waals surface area (Å²) in [5.41, 5.74) is 2.21. The number of piperidine rings is 1. The molecule has 5 rings (SSSR count). The molecule has 0 atom stereocenters. The van der Waals surface area contributed by atoms with E-state index in [-0.39, 0.29) is 11.4 Å². The molecule has 6 nitrogen and oxygen atoms in total. The van der Waals surface area contributed by atoms with Crippen LogP contribution >= 0.6 is 11.6 Å². The SMILES string of the molecule is Cn1ccn(-c2ccc(-c3cc(F)cc(-c4ccnc(N5CCCCC5)c4)c3O)cc2Cl)c1=O. The van der Waals surface area contributed by atoms with Gasteiger partial charge in [0.15, 0.2) is 0 Å². The van der Waals surface area contributed by atoms with Crippen molar-refractivity contribution in [2.75, 3.05) is 18.0 Å². The van der Waals surface area contributed by atoms with Gasteiger partial charge in [0.2, 0.25) is 0 Å². The summed E-state index contributed by atoms with van der Waals surface area (Å²) in [4.78, 5) is 19.0. The van der Waals surface area contributed by atoms with Crippen LogP contribution in [0, 0.1) is 5.82 Å². The molecule has 1 fully saturated rings. The van der Waals surface area contributed by atoms with E-state index in [0.717, 1.165) is 31.7 Å². The van der Waals surface area contributed by atoms with Crippen LogP contribution in [0.5, 0.6) is 5.75 Å². The molecule has 0 spiro atoms. The number of pyridine rings is 1. The Balaban J connectivity index is 1.55. The van der Waals surface area contributed by atoms with Gasteiger partial charge in [-0.25, -0.2) is 14.2 Å². The van der Waals surface area contributed by atoms with Crippen molar-refractivity contribution in [2.45, 2.75) is 19.3 Å². The highest BCUT2D eigenvalue weighted by molar-refractivity contribution is 6.32. The summed E-state index contributed by atoms with van der Waals surface area (Å²) in [6.07, 6.45) is 8.41. The van der Waals surface area contributed by atoms with E-state index < -0.39 is 5.82 Å². The van der Waals surface area contributed by atoms with E-state index in [1.165, 1.54) is 27.7 Å². The van der Waals surface area contributed by atoms with Gasteiger partial charge < -0.3 is 14.6 Å². The Morgan fingerprint density at radius 2 is 1.68 bits per heavy atom. The fraction of sp³-hybridized carbons (Fsp3) is 0.231. The number of benzene rings is 2. The van der Waals surface area contributed by atoms with Crippen molar-refractivity contribution in [1.82, 2.24) is 14.1 Å². The van der Waals surface area contributed by atoms with Crippen molar-refractivity contribution >= 4 is 17.4 Å². The second-order valence-corrected chi connectivity index (χ2v) is 8.93. The molecule has 2 aromatic carbocycles. The second kappa shape index (κ2) is 8.99. The Labute approximate surface area is 201 Å². The van der Waals surface area contributed by atoms with E-state index in [4.69, 9.17) is 11.6 Å². The number of hydrogen-bond donors (Lipinski definition) is 1. The number of imidazole rings is 1. The van der Waals surface area contributed by atoms with Crippen LogP contribution in [0.3, 0.4) is 0 Å². The maximum Gasteiger partial charge on any atom is 0.332 e. The zero-order valence-corrected chi connectivity index (χ0v) is 19.5. The molecular weight excluding hydrogens is 455 g/mol. The van der Waals surface area contributed by atoms with Gasteiger partial charge in [0, 0.05) is 49.9 Å². The van der Waals surface area contributed by atoms with Crippen molar-refractivity contribution in [2.24, 2.45) is 7.05 Å². The molecule has 1 aliphatic heterocycles. The number of anilines is 1. The standard InChI is InChI=1S/C26H24ClFN4O2/c1-30-11-12-32(26(30)34)23-6-5-17(13-22(23)27)20-15-19(28)16-21(25(20)33)18-7-8-29-24(14-18)31-9-3-2-4-10-31/h5-8,11-16,33H,2-4,9-10H2,1H3. The van der Waals surface area contributed by atoms with Crippen molar-refractivity contribution < 1.29 is 9.50 Å². The first kappa shape index (κ1) is 22.2. The number of hydrogen-bond acceptors (Lipinski definition) is 4. The number of halogens is 2. The molecule has 1 saturated heterocycles. The van der Waals surface area contributed by atoms with Gasteiger partial charge in [0.25, 0.3) is 0 Å². The largest absolute Gasteiger partial charge is 0.507 e. The normalized spacial score (nSPS) is 13.9.